The summed E-state index contributed by atoms with van der Waals surface area (Å²) < 4.78 is 7.59. The van der Waals surface area contributed by atoms with Gasteiger partial charge in [0.25, 0.3) is 0 Å². The highest BCUT2D eigenvalue weighted by Crippen LogP contribution is 2.37. The Kier molecular flexibility index (Phi) is 5.63. The number of phenolic OH excluding ortho intramolecular Hbond substituents is 1. The highest BCUT2D eigenvalue weighted by atomic mass is 16.5. The van der Waals surface area contributed by atoms with Gasteiger partial charge in [-0.25, -0.2) is 0 Å². The highest BCUT2D eigenvalue weighted by Gasteiger charge is 2.28. The number of nitrogens with zero attached hydrogens (tertiary/aromatic N) is 2. The molecule has 2 heterocycles. The Labute approximate surface area is 173 Å². The largest absolute Gasteiger partial charge is 0.504 e. The Bertz CT molecular complexity index is 959. The van der Waals surface area contributed by atoms with Crippen molar-refractivity contribution in [1.82, 2.24) is 9.47 Å². The monoisotopic (exact) mass is 390 g/mol. The summed E-state index contributed by atoms with van der Waals surface area (Å²) in [6, 6.07) is 19.2. The Morgan fingerprint density at radius 3 is 2.55 bits per heavy atom. The molecule has 1 aliphatic heterocycles. The minimum atomic E-state index is 0.0917. The first kappa shape index (κ1) is 19.6. The van der Waals surface area contributed by atoms with Crippen molar-refractivity contribution >= 4 is 0 Å². The van der Waals surface area contributed by atoms with Crippen LogP contribution in [-0.2, 0) is 13.1 Å². The van der Waals surface area contributed by atoms with Gasteiger partial charge in [0.05, 0.1) is 13.2 Å². The first-order valence-corrected chi connectivity index (χ1v) is 10.4. The number of benzene rings is 2. The van der Waals surface area contributed by atoms with Crippen molar-refractivity contribution in [3.05, 3.63) is 83.2 Å². The molecule has 0 amide bonds. The third kappa shape index (κ3) is 4.03. The molecule has 1 atom stereocenters. The molecule has 4 heteroatoms. The molecule has 0 saturated carbocycles. The Balaban J connectivity index is 1.70. The molecule has 4 nitrogen and oxygen atoms in total. The van der Waals surface area contributed by atoms with E-state index in [1.807, 2.05) is 12.1 Å². The number of rotatable bonds is 5. The lowest BCUT2D eigenvalue weighted by Gasteiger charge is -2.31. The van der Waals surface area contributed by atoms with Crippen LogP contribution in [0.15, 0.2) is 60.8 Å². The molecular weight excluding hydrogens is 360 g/mol. The lowest BCUT2D eigenvalue weighted by Crippen LogP contribution is -2.29. The summed E-state index contributed by atoms with van der Waals surface area (Å²) in [6.45, 7) is 7.35. The molecule has 0 unspecified atom stereocenters. The smallest absolute Gasteiger partial charge is 0.160 e. The van der Waals surface area contributed by atoms with Gasteiger partial charge in [0.15, 0.2) is 11.5 Å². The Morgan fingerprint density at radius 1 is 1.07 bits per heavy atom. The predicted molar refractivity (Wildman–Crippen MR) is 116 cm³/mol. The van der Waals surface area contributed by atoms with Crippen LogP contribution in [-0.4, -0.2) is 28.2 Å². The summed E-state index contributed by atoms with van der Waals surface area (Å²) in [7, 11) is 1.58. The average molecular weight is 391 g/mol. The number of phenols is 1. The topological polar surface area (TPSA) is 37.6 Å². The quantitative estimate of drug-likeness (QED) is 0.641. The van der Waals surface area contributed by atoms with Gasteiger partial charge in [0.2, 0.25) is 0 Å². The lowest BCUT2D eigenvalue weighted by molar-refractivity contribution is 0.220. The van der Waals surface area contributed by atoms with Gasteiger partial charge < -0.3 is 14.4 Å². The molecule has 1 aromatic heterocycles. The second-order valence-corrected chi connectivity index (χ2v) is 8.18. The summed E-state index contributed by atoms with van der Waals surface area (Å²) in [5, 5.41) is 10.4. The second kappa shape index (κ2) is 8.34. The van der Waals surface area contributed by atoms with Gasteiger partial charge >= 0.3 is 0 Å². The predicted octanol–water partition coefficient (Wildman–Crippen LogP) is 5.32. The molecule has 4 rings (SSSR count). The first-order chi connectivity index (χ1) is 14.1. The maximum atomic E-state index is 10.4. The molecule has 1 N–H and O–H groups in total. The van der Waals surface area contributed by atoms with Crippen molar-refractivity contribution in [1.29, 1.82) is 0 Å². The minimum Gasteiger partial charge on any atom is -0.504 e. The van der Waals surface area contributed by atoms with Crippen molar-refractivity contribution in [2.75, 3.05) is 13.7 Å². The molecular formula is C25H30N2O2. The van der Waals surface area contributed by atoms with Gasteiger partial charge in [-0.2, -0.15) is 0 Å². The summed E-state index contributed by atoms with van der Waals surface area (Å²) in [4.78, 5) is 2.52. The fourth-order valence-electron chi connectivity index (χ4n) is 4.31. The van der Waals surface area contributed by atoms with Crippen LogP contribution >= 0.6 is 0 Å². The van der Waals surface area contributed by atoms with Gasteiger partial charge in [-0.15, -0.1) is 0 Å². The van der Waals surface area contributed by atoms with Gasteiger partial charge in [0, 0.05) is 31.5 Å². The molecule has 0 spiro atoms. The molecule has 0 fully saturated rings. The fraction of sp³-hybridized carbons (Fsp3) is 0.360. The fourth-order valence-corrected chi connectivity index (χ4v) is 4.31. The van der Waals surface area contributed by atoms with E-state index in [1.54, 1.807) is 7.11 Å². The molecule has 152 valence electrons. The van der Waals surface area contributed by atoms with E-state index in [-0.39, 0.29) is 11.8 Å². The van der Waals surface area contributed by atoms with E-state index in [0.29, 0.717) is 11.7 Å². The van der Waals surface area contributed by atoms with Crippen LogP contribution in [0, 0.1) is 0 Å². The van der Waals surface area contributed by atoms with Gasteiger partial charge in [-0.05, 0) is 53.3 Å². The number of aryl methyl sites for hydroxylation is 1. The molecule has 0 saturated heterocycles. The zero-order valence-corrected chi connectivity index (χ0v) is 17.5. The maximum absolute atomic E-state index is 10.4. The Hall–Kier alpha value is -2.72. The summed E-state index contributed by atoms with van der Waals surface area (Å²) in [6.07, 6.45) is 3.26. The van der Waals surface area contributed by atoms with Crippen molar-refractivity contribution in [2.45, 2.75) is 45.3 Å². The van der Waals surface area contributed by atoms with Crippen LogP contribution in [0.2, 0.25) is 0 Å². The average Bonchev–Trinajstić information content (AvgIpc) is 3.10. The third-order valence-corrected chi connectivity index (χ3v) is 5.90. The molecule has 0 radical (unpaired) electrons. The molecule has 3 aromatic rings. The molecule has 29 heavy (non-hydrogen) atoms. The van der Waals surface area contributed by atoms with Gasteiger partial charge in [-0.1, -0.05) is 44.2 Å². The summed E-state index contributed by atoms with van der Waals surface area (Å²) in [5.74, 6) is 1.24. The van der Waals surface area contributed by atoms with E-state index < -0.39 is 0 Å². The van der Waals surface area contributed by atoms with Crippen molar-refractivity contribution in [3.63, 3.8) is 0 Å². The highest BCUT2D eigenvalue weighted by molar-refractivity contribution is 5.44. The maximum Gasteiger partial charge on any atom is 0.160 e. The zero-order valence-electron chi connectivity index (χ0n) is 17.5. The number of aromatic hydroxyl groups is 1. The van der Waals surface area contributed by atoms with Crippen LogP contribution in [0.1, 0.15) is 54.6 Å². The molecule has 0 bridgehead atoms. The van der Waals surface area contributed by atoms with E-state index in [9.17, 15) is 5.11 Å². The summed E-state index contributed by atoms with van der Waals surface area (Å²) >= 11 is 0. The number of hydrogen-bond donors (Lipinski definition) is 1. The van der Waals surface area contributed by atoms with Crippen LogP contribution in [0.4, 0.5) is 0 Å². The SMILES string of the molecule is COc1ccc([C@H]2c3cccn3CCCN2Cc2ccc(C(C)C)cc2)cc1O. The third-order valence-electron chi connectivity index (χ3n) is 5.90. The van der Waals surface area contributed by atoms with E-state index in [1.165, 1.54) is 16.8 Å². The first-order valence-electron chi connectivity index (χ1n) is 10.4. The number of fused-ring (bicyclic) bond motifs is 1. The Morgan fingerprint density at radius 2 is 1.86 bits per heavy atom. The van der Waals surface area contributed by atoms with E-state index >= 15 is 0 Å². The molecule has 0 aliphatic carbocycles. The normalized spacial score (nSPS) is 17.2. The van der Waals surface area contributed by atoms with E-state index in [4.69, 9.17) is 4.74 Å². The van der Waals surface area contributed by atoms with Gasteiger partial charge in [0.1, 0.15) is 0 Å². The van der Waals surface area contributed by atoms with Crippen LogP contribution < -0.4 is 4.74 Å². The zero-order chi connectivity index (χ0) is 20.4. The molecule has 1 aliphatic rings. The van der Waals surface area contributed by atoms with Crippen molar-refractivity contribution in [3.8, 4) is 11.5 Å². The van der Waals surface area contributed by atoms with E-state index in [2.05, 4.69) is 72.0 Å². The van der Waals surface area contributed by atoms with E-state index in [0.717, 1.165) is 31.6 Å². The van der Waals surface area contributed by atoms with Crippen LogP contribution in [0.25, 0.3) is 0 Å². The summed E-state index contributed by atoms with van der Waals surface area (Å²) in [5.41, 5.74) is 5.04. The van der Waals surface area contributed by atoms with Gasteiger partial charge in [-0.3, -0.25) is 4.90 Å². The van der Waals surface area contributed by atoms with Crippen LogP contribution in [0.3, 0.4) is 0 Å². The molecule has 2 aromatic carbocycles. The van der Waals surface area contributed by atoms with Crippen molar-refractivity contribution < 1.29 is 9.84 Å². The van der Waals surface area contributed by atoms with Crippen LogP contribution in [0.5, 0.6) is 11.5 Å². The number of methoxy groups -OCH3 is 1. The van der Waals surface area contributed by atoms with Crippen molar-refractivity contribution in [2.24, 2.45) is 0 Å². The number of aromatic nitrogens is 1. The minimum absolute atomic E-state index is 0.0917. The number of ether oxygens (including phenoxy) is 1. The lowest BCUT2D eigenvalue weighted by atomic mass is 9.99. The number of hydrogen-bond acceptors (Lipinski definition) is 3. The second-order valence-electron chi connectivity index (χ2n) is 8.18. The standard InChI is InChI=1S/C25H30N2O2/c1-18(2)20-9-7-19(8-10-20)17-27-15-5-14-26-13-4-6-22(26)25(27)21-11-12-24(29-3)23(28)16-21/h4,6-13,16,18,25,28H,5,14-15,17H2,1-3H3/t25-/m0/s1.